The van der Waals surface area contributed by atoms with Gasteiger partial charge in [0.05, 0.1) is 6.61 Å². The molecule has 0 saturated carbocycles. The first-order chi connectivity index (χ1) is 10.0. The van der Waals surface area contributed by atoms with Crippen LogP contribution in [0.2, 0.25) is 0 Å². The molecule has 0 spiro atoms. The minimum Gasteiger partial charge on any atom is -0.392 e. The second-order valence-electron chi connectivity index (χ2n) is 4.74. The zero-order valence-electron chi connectivity index (χ0n) is 11.3. The van der Waals surface area contributed by atoms with Gasteiger partial charge in [-0.05, 0) is 16.7 Å². The summed E-state index contributed by atoms with van der Waals surface area (Å²) in [5.41, 5.74) is 1.56. The maximum Gasteiger partial charge on any atom is 0.407 e. The zero-order valence-corrected chi connectivity index (χ0v) is 11.3. The highest BCUT2D eigenvalue weighted by atomic mass is 19.4. The van der Waals surface area contributed by atoms with Crippen LogP contribution in [0.3, 0.4) is 0 Å². The number of nitrogens with one attached hydrogen (secondary N) is 1. The molecule has 0 aromatic heterocycles. The SMILES string of the molecule is OCc1cccc(CNC(c2ccccc2)C(F)(F)F)c1. The zero-order chi connectivity index (χ0) is 15.3. The smallest absolute Gasteiger partial charge is 0.392 e. The van der Waals surface area contributed by atoms with Gasteiger partial charge >= 0.3 is 6.18 Å². The van der Waals surface area contributed by atoms with E-state index in [1.807, 2.05) is 0 Å². The summed E-state index contributed by atoms with van der Waals surface area (Å²) in [5, 5.41) is 11.6. The molecule has 112 valence electrons. The quantitative estimate of drug-likeness (QED) is 0.884. The van der Waals surface area contributed by atoms with Gasteiger partial charge in [0.1, 0.15) is 6.04 Å². The summed E-state index contributed by atoms with van der Waals surface area (Å²) < 4.78 is 39.5. The molecule has 0 bridgehead atoms. The highest BCUT2D eigenvalue weighted by molar-refractivity contribution is 5.24. The van der Waals surface area contributed by atoms with Crippen LogP contribution in [0.4, 0.5) is 13.2 Å². The molecule has 2 nitrogen and oxygen atoms in total. The molecule has 2 rings (SSSR count). The third kappa shape index (κ3) is 4.31. The third-order valence-corrected chi connectivity index (χ3v) is 3.14. The molecule has 0 aliphatic carbocycles. The summed E-state index contributed by atoms with van der Waals surface area (Å²) in [7, 11) is 0. The van der Waals surface area contributed by atoms with Crippen molar-refractivity contribution in [3.8, 4) is 0 Å². The predicted octanol–water partition coefficient (Wildman–Crippen LogP) is 3.57. The van der Waals surface area contributed by atoms with Crippen LogP contribution in [-0.4, -0.2) is 11.3 Å². The first-order valence-electron chi connectivity index (χ1n) is 6.54. The van der Waals surface area contributed by atoms with E-state index < -0.39 is 12.2 Å². The lowest BCUT2D eigenvalue weighted by Crippen LogP contribution is -2.33. The van der Waals surface area contributed by atoms with Crippen molar-refractivity contribution in [1.29, 1.82) is 0 Å². The Morgan fingerprint density at radius 1 is 0.952 bits per heavy atom. The van der Waals surface area contributed by atoms with E-state index in [9.17, 15) is 13.2 Å². The largest absolute Gasteiger partial charge is 0.407 e. The molecule has 0 heterocycles. The Morgan fingerprint density at radius 2 is 1.62 bits per heavy atom. The maximum atomic E-state index is 13.2. The number of benzene rings is 2. The van der Waals surface area contributed by atoms with Crippen molar-refractivity contribution in [3.05, 3.63) is 71.3 Å². The Labute approximate surface area is 121 Å². The lowest BCUT2D eigenvalue weighted by Gasteiger charge is -2.22. The lowest BCUT2D eigenvalue weighted by molar-refractivity contribution is -0.158. The average molecular weight is 295 g/mol. The van der Waals surface area contributed by atoms with Gasteiger partial charge in [-0.15, -0.1) is 0 Å². The molecule has 1 atom stereocenters. The van der Waals surface area contributed by atoms with Crippen LogP contribution in [-0.2, 0) is 13.2 Å². The number of aliphatic hydroxyl groups excluding tert-OH is 1. The second kappa shape index (κ2) is 6.74. The minimum atomic E-state index is -4.37. The molecular weight excluding hydrogens is 279 g/mol. The summed E-state index contributed by atoms with van der Waals surface area (Å²) in [5.74, 6) is 0. The molecule has 0 fully saturated rings. The summed E-state index contributed by atoms with van der Waals surface area (Å²) in [6.45, 7) is -0.0534. The number of halogens is 3. The van der Waals surface area contributed by atoms with Crippen LogP contribution >= 0.6 is 0 Å². The van der Waals surface area contributed by atoms with Crippen molar-refractivity contribution in [2.45, 2.75) is 25.4 Å². The number of rotatable bonds is 5. The molecule has 0 radical (unpaired) electrons. The Morgan fingerprint density at radius 3 is 2.24 bits per heavy atom. The van der Waals surface area contributed by atoms with Crippen LogP contribution in [0.5, 0.6) is 0 Å². The van der Waals surface area contributed by atoms with E-state index in [-0.39, 0.29) is 18.7 Å². The first kappa shape index (κ1) is 15.5. The minimum absolute atomic E-state index is 0.0763. The molecule has 2 aromatic rings. The summed E-state index contributed by atoms with van der Waals surface area (Å²) in [4.78, 5) is 0. The monoisotopic (exact) mass is 295 g/mol. The molecule has 0 aliphatic heterocycles. The normalized spacial score (nSPS) is 13.1. The number of hydrogen-bond acceptors (Lipinski definition) is 2. The molecule has 0 saturated heterocycles. The molecule has 0 aliphatic rings. The van der Waals surface area contributed by atoms with Crippen LogP contribution in [0.25, 0.3) is 0 Å². The van der Waals surface area contributed by atoms with Gasteiger partial charge in [-0.2, -0.15) is 13.2 Å². The van der Waals surface area contributed by atoms with Gasteiger partial charge in [-0.25, -0.2) is 0 Å². The highest BCUT2D eigenvalue weighted by Gasteiger charge is 2.40. The van der Waals surface area contributed by atoms with Gasteiger partial charge in [0.2, 0.25) is 0 Å². The standard InChI is InChI=1S/C16H16F3NO/c17-16(18,19)15(14-7-2-1-3-8-14)20-10-12-5-4-6-13(9-12)11-21/h1-9,15,20-21H,10-11H2. The van der Waals surface area contributed by atoms with E-state index in [2.05, 4.69) is 5.32 Å². The predicted molar refractivity (Wildman–Crippen MR) is 74.4 cm³/mol. The number of aliphatic hydroxyl groups is 1. The van der Waals surface area contributed by atoms with Crippen molar-refractivity contribution in [2.75, 3.05) is 0 Å². The highest BCUT2D eigenvalue weighted by Crippen LogP contribution is 2.32. The van der Waals surface area contributed by atoms with Gasteiger partial charge in [-0.1, -0.05) is 54.6 Å². The van der Waals surface area contributed by atoms with Crippen molar-refractivity contribution in [3.63, 3.8) is 0 Å². The molecule has 1 unspecified atom stereocenters. The van der Waals surface area contributed by atoms with E-state index in [4.69, 9.17) is 5.11 Å². The Bertz CT molecular complexity index is 569. The fraction of sp³-hybridized carbons (Fsp3) is 0.250. The van der Waals surface area contributed by atoms with Gasteiger partial charge in [-0.3, -0.25) is 5.32 Å². The van der Waals surface area contributed by atoms with Crippen molar-refractivity contribution in [2.24, 2.45) is 0 Å². The van der Waals surface area contributed by atoms with Crippen LogP contribution in [0.1, 0.15) is 22.7 Å². The molecule has 5 heteroatoms. The molecule has 21 heavy (non-hydrogen) atoms. The topological polar surface area (TPSA) is 32.3 Å². The second-order valence-corrected chi connectivity index (χ2v) is 4.74. The van der Waals surface area contributed by atoms with E-state index in [1.54, 1.807) is 42.5 Å². The van der Waals surface area contributed by atoms with E-state index in [0.29, 0.717) is 11.1 Å². The van der Waals surface area contributed by atoms with E-state index >= 15 is 0 Å². The fourth-order valence-electron chi connectivity index (χ4n) is 2.13. The lowest BCUT2D eigenvalue weighted by atomic mass is 10.1. The van der Waals surface area contributed by atoms with E-state index in [0.717, 1.165) is 0 Å². The Hall–Kier alpha value is -1.85. The fourth-order valence-corrected chi connectivity index (χ4v) is 2.13. The maximum absolute atomic E-state index is 13.2. The summed E-state index contributed by atoms with van der Waals surface area (Å²) in [6, 6.07) is 12.9. The van der Waals surface area contributed by atoms with Crippen LogP contribution < -0.4 is 5.32 Å². The molecule has 0 amide bonds. The number of hydrogen-bond donors (Lipinski definition) is 2. The molecule has 2 N–H and O–H groups in total. The van der Waals surface area contributed by atoms with E-state index in [1.165, 1.54) is 12.1 Å². The summed E-state index contributed by atoms with van der Waals surface area (Å²) >= 11 is 0. The first-order valence-corrected chi connectivity index (χ1v) is 6.54. The third-order valence-electron chi connectivity index (χ3n) is 3.14. The summed E-state index contributed by atoms with van der Waals surface area (Å²) in [6.07, 6.45) is -4.37. The number of alkyl halides is 3. The Balaban J connectivity index is 2.13. The van der Waals surface area contributed by atoms with Crippen molar-refractivity contribution < 1.29 is 18.3 Å². The molecule has 2 aromatic carbocycles. The van der Waals surface area contributed by atoms with Crippen molar-refractivity contribution >= 4 is 0 Å². The van der Waals surface area contributed by atoms with Crippen LogP contribution in [0, 0.1) is 0 Å². The Kier molecular flexibility index (Phi) is 4.98. The van der Waals surface area contributed by atoms with Gasteiger partial charge in [0, 0.05) is 6.54 Å². The van der Waals surface area contributed by atoms with Gasteiger partial charge < -0.3 is 5.11 Å². The average Bonchev–Trinajstić information content (AvgIpc) is 2.47. The molecular formula is C16H16F3NO. The van der Waals surface area contributed by atoms with Crippen molar-refractivity contribution in [1.82, 2.24) is 5.32 Å². The van der Waals surface area contributed by atoms with Gasteiger partial charge in [0.25, 0.3) is 0 Å². The van der Waals surface area contributed by atoms with Gasteiger partial charge in [0.15, 0.2) is 0 Å². The van der Waals surface area contributed by atoms with Crippen LogP contribution in [0.15, 0.2) is 54.6 Å².